The number of nitriles is 1. The minimum Gasteiger partial charge on any atom is -0.198 e. The van der Waals surface area contributed by atoms with E-state index in [1.807, 2.05) is 0 Å². The van der Waals surface area contributed by atoms with Gasteiger partial charge in [0.25, 0.3) is 0 Å². The van der Waals surface area contributed by atoms with Gasteiger partial charge in [0.2, 0.25) is 0 Å². The van der Waals surface area contributed by atoms with E-state index in [-0.39, 0.29) is 5.41 Å². The second kappa shape index (κ2) is 5.06. The van der Waals surface area contributed by atoms with Crippen LogP contribution in [0.25, 0.3) is 0 Å². The number of unbranched alkanes of at least 4 members (excludes halogenated alkanes) is 1. The molecule has 0 aromatic rings. The minimum atomic E-state index is -0.0471. The molecule has 2 unspecified atom stereocenters. The number of hydrogen-bond acceptors (Lipinski definition) is 1. The van der Waals surface area contributed by atoms with E-state index >= 15 is 0 Å². The van der Waals surface area contributed by atoms with Crippen LogP contribution in [0.15, 0.2) is 0 Å². The van der Waals surface area contributed by atoms with E-state index in [4.69, 9.17) is 6.42 Å². The summed E-state index contributed by atoms with van der Waals surface area (Å²) in [6, 6.07) is 2.54. The topological polar surface area (TPSA) is 23.8 Å². The Hall–Kier alpha value is -0.950. The van der Waals surface area contributed by atoms with Crippen molar-refractivity contribution in [1.82, 2.24) is 0 Å². The highest BCUT2D eigenvalue weighted by atomic mass is 14.4. The van der Waals surface area contributed by atoms with E-state index in [0.717, 1.165) is 32.1 Å². The van der Waals surface area contributed by atoms with E-state index < -0.39 is 0 Å². The van der Waals surface area contributed by atoms with Crippen LogP contribution in [0.3, 0.4) is 0 Å². The lowest BCUT2D eigenvalue weighted by Gasteiger charge is -2.34. The smallest absolute Gasteiger partial charge is 0.0689 e. The maximum Gasteiger partial charge on any atom is 0.0689 e. The second-order valence-corrected chi connectivity index (χ2v) is 4.65. The van der Waals surface area contributed by atoms with Crippen LogP contribution in [0.5, 0.6) is 0 Å². The predicted molar refractivity (Wildman–Crippen MR) is 58.4 cm³/mol. The molecule has 0 radical (unpaired) electrons. The fourth-order valence-corrected chi connectivity index (χ4v) is 2.57. The standard InChI is InChI=1S/C13H19N/c1-3-4-5-8-13(11-14)9-6-7-12(2)10-13/h1,12H,4-10H2,2H3. The molecule has 1 fully saturated rings. The molecular weight excluding hydrogens is 170 g/mol. The van der Waals surface area contributed by atoms with E-state index in [0.29, 0.717) is 5.92 Å². The predicted octanol–water partition coefficient (Wildman–Crippen LogP) is 3.51. The van der Waals surface area contributed by atoms with Crippen molar-refractivity contribution < 1.29 is 0 Å². The largest absolute Gasteiger partial charge is 0.198 e. The molecule has 0 bridgehead atoms. The zero-order chi connectivity index (χ0) is 10.4. The van der Waals surface area contributed by atoms with Gasteiger partial charge < -0.3 is 0 Å². The van der Waals surface area contributed by atoms with Crippen molar-refractivity contribution in [2.24, 2.45) is 11.3 Å². The fourth-order valence-electron chi connectivity index (χ4n) is 2.57. The Labute approximate surface area is 87.5 Å². The molecule has 0 spiro atoms. The Morgan fingerprint density at radius 2 is 2.36 bits per heavy atom. The van der Waals surface area contributed by atoms with Crippen molar-refractivity contribution in [3.63, 3.8) is 0 Å². The lowest BCUT2D eigenvalue weighted by Crippen LogP contribution is -2.26. The maximum absolute atomic E-state index is 9.26. The third-order valence-corrected chi connectivity index (χ3v) is 3.31. The van der Waals surface area contributed by atoms with Crippen molar-refractivity contribution in [3.8, 4) is 18.4 Å². The van der Waals surface area contributed by atoms with Crippen LogP contribution in [-0.2, 0) is 0 Å². The molecule has 0 aromatic carbocycles. The van der Waals surface area contributed by atoms with E-state index in [9.17, 15) is 5.26 Å². The third-order valence-electron chi connectivity index (χ3n) is 3.31. The first kappa shape index (κ1) is 11.1. The number of rotatable bonds is 3. The van der Waals surface area contributed by atoms with Crippen LogP contribution in [0.1, 0.15) is 51.9 Å². The average Bonchev–Trinajstić information content (AvgIpc) is 2.18. The maximum atomic E-state index is 9.26. The molecule has 1 nitrogen and oxygen atoms in total. The number of terminal acetylenes is 1. The summed E-state index contributed by atoms with van der Waals surface area (Å²) in [5.74, 6) is 3.37. The summed E-state index contributed by atoms with van der Waals surface area (Å²) in [7, 11) is 0. The number of hydrogen-bond donors (Lipinski definition) is 0. The number of nitrogens with zero attached hydrogens (tertiary/aromatic N) is 1. The van der Waals surface area contributed by atoms with Crippen molar-refractivity contribution in [3.05, 3.63) is 0 Å². The van der Waals surface area contributed by atoms with Gasteiger partial charge in [-0.25, -0.2) is 0 Å². The van der Waals surface area contributed by atoms with E-state index in [1.165, 1.54) is 12.8 Å². The van der Waals surface area contributed by atoms with Gasteiger partial charge in [0.15, 0.2) is 0 Å². The zero-order valence-corrected chi connectivity index (χ0v) is 9.05. The molecule has 76 valence electrons. The lowest BCUT2D eigenvalue weighted by molar-refractivity contribution is 0.194. The molecule has 14 heavy (non-hydrogen) atoms. The van der Waals surface area contributed by atoms with Gasteiger partial charge in [-0.1, -0.05) is 19.8 Å². The van der Waals surface area contributed by atoms with Gasteiger partial charge in [-0.2, -0.15) is 5.26 Å². The summed E-state index contributed by atoms with van der Waals surface area (Å²) in [5, 5.41) is 9.26. The summed E-state index contributed by atoms with van der Waals surface area (Å²) < 4.78 is 0. The van der Waals surface area contributed by atoms with Crippen LogP contribution < -0.4 is 0 Å². The normalized spacial score (nSPS) is 31.8. The van der Waals surface area contributed by atoms with Gasteiger partial charge in [0.1, 0.15) is 0 Å². The fraction of sp³-hybridized carbons (Fsp3) is 0.769. The molecule has 1 heteroatoms. The van der Waals surface area contributed by atoms with Gasteiger partial charge in [0, 0.05) is 6.42 Å². The van der Waals surface area contributed by atoms with Gasteiger partial charge in [-0.3, -0.25) is 0 Å². The summed E-state index contributed by atoms with van der Waals surface area (Å²) >= 11 is 0. The molecule has 1 rings (SSSR count). The summed E-state index contributed by atoms with van der Waals surface area (Å²) in [6.07, 6.45) is 12.7. The molecule has 1 aliphatic rings. The third kappa shape index (κ3) is 2.78. The van der Waals surface area contributed by atoms with Crippen LogP contribution in [0.4, 0.5) is 0 Å². The van der Waals surface area contributed by atoms with Gasteiger partial charge in [-0.15, -0.1) is 12.3 Å². The van der Waals surface area contributed by atoms with E-state index in [1.54, 1.807) is 0 Å². The van der Waals surface area contributed by atoms with Crippen molar-refractivity contribution in [2.45, 2.75) is 51.9 Å². The van der Waals surface area contributed by atoms with Crippen molar-refractivity contribution >= 4 is 0 Å². The van der Waals surface area contributed by atoms with Crippen LogP contribution in [0, 0.1) is 35.0 Å². The molecule has 0 aliphatic heterocycles. The van der Waals surface area contributed by atoms with Gasteiger partial charge >= 0.3 is 0 Å². The first-order valence-electron chi connectivity index (χ1n) is 5.57. The zero-order valence-electron chi connectivity index (χ0n) is 9.05. The first-order valence-corrected chi connectivity index (χ1v) is 5.57. The highest BCUT2D eigenvalue weighted by Crippen LogP contribution is 2.42. The Morgan fingerprint density at radius 3 is 2.93 bits per heavy atom. The molecule has 2 atom stereocenters. The minimum absolute atomic E-state index is 0.0471. The molecule has 0 saturated heterocycles. The monoisotopic (exact) mass is 189 g/mol. The highest BCUT2D eigenvalue weighted by molar-refractivity contribution is 5.02. The van der Waals surface area contributed by atoms with Gasteiger partial charge in [-0.05, 0) is 31.6 Å². The Kier molecular flexibility index (Phi) is 4.02. The molecule has 0 amide bonds. The van der Waals surface area contributed by atoms with Gasteiger partial charge in [0.05, 0.1) is 11.5 Å². The Balaban J connectivity index is 2.49. The Morgan fingerprint density at radius 1 is 1.57 bits per heavy atom. The van der Waals surface area contributed by atoms with Crippen molar-refractivity contribution in [2.75, 3.05) is 0 Å². The molecular formula is C13H19N. The molecule has 0 heterocycles. The molecule has 0 N–H and O–H groups in total. The molecule has 1 aliphatic carbocycles. The lowest BCUT2D eigenvalue weighted by atomic mass is 9.68. The summed E-state index contributed by atoms with van der Waals surface area (Å²) in [5.41, 5.74) is -0.0471. The van der Waals surface area contributed by atoms with Crippen LogP contribution >= 0.6 is 0 Å². The van der Waals surface area contributed by atoms with Crippen LogP contribution in [-0.4, -0.2) is 0 Å². The average molecular weight is 189 g/mol. The van der Waals surface area contributed by atoms with Crippen LogP contribution in [0.2, 0.25) is 0 Å². The second-order valence-electron chi connectivity index (χ2n) is 4.65. The summed E-state index contributed by atoms with van der Waals surface area (Å²) in [6.45, 7) is 2.26. The molecule has 0 aromatic heterocycles. The highest BCUT2D eigenvalue weighted by Gasteiger charge is 2.34. The van der Waals surface area contributed by atoms with E-state index in [2.05, 4.69) is 18.9 Å². The van der Waals surface area contributed by atoms with Crippen molar-refractivity contribution in [1.29, 1.82) is 5.26 Å². The summed E-state index contributed by atoms with van der Waals surface area (Å²) in [4.78, 5) is 0. The quantitative estimate of drug-likeness (QED) is 0.492. The molecule has 1 saturated carbocycles. The SMILES string of the molecule is C#CCCCC1(C#N)CCCC(C)C1. The Bertz CT molecular complexity index is 255. The first-order chi connectivity index (χ1) is 6.72.